The Morgan fingerprint density at radius 3 is 2.22 bits per heavy atom. The normalized spacial score (nSPS) is 9.00. The summed E-state index contributed by atoms with van der Waals surface area (Å²) in [6, 6.07) is 6.04. The van der Waals surface area contributed by atoms with E-state index in [1.807, 2.05) is 0 Å². The number of halogens is 1. The van der Waals surface area contributed by atoms with Crippen molar-refractivity contribution in [2.45, 2.75) is 0 Å². The molecular weight excluding hydrogens is 121 g/mol. The Hall–Kier alpha value is -1.25. The Balaban J connectivity index is 2.88. The molecule has 0 amide bonds. The van der Waals surface area contributed by atoms with E-state index in [2.05, 4.69) is 4.94 Å². The molecule has 0 aliphatic carbocycles. The van der Waals surface area contributed by atoms with E-state index in [1.165, 1.54) is 12.1 Å². The minimum atomic E-state index is 0.171. The first-order chi connectivity index (χ1) is 4.33. The van der Waals surface area contributed by atoms with Gasteiger partial charge in [0.1, 0.15) is 0 Å². The van der Waals surface area contributed by atoms with Gasteiger partial charge < -0.3 is 5.73 Å². The maximum atomic E-state index is 11.3. The molecule has 0 saturated carbocycles. The molecule has 48 valence electrons. The van der Waals surface area contributed by atoms with Gasteiger partial charge in [-0.05, 0) is 24.3 Å². The Labute approximate surface area is 52.0 Å². The van der Waals surface area contributed by atoms with E-state index in [0.29, 0.717) is 5.69 Å². The summed E-state index contributed by atoms with van der Waals surface area (Å²) in [6.07, 6.45) is 0. The number of benzene rings is 1. The van der Waals surface area contributed by atoms with E-state index < -0.39 is 0 Å². The van der Waals surface area contributed by atoms with Crippen LogP contribution in [0.15, 0.2) is 24.3 Å². The zero-order valence-electron chi connectivity index (χ0n) is 4.67. The van der Waals surface area contributed by atoms with Crippen molar-refractivity contribution < 1.29 is 9.47 Å². The molecule has 0 bridgehead atoms. The first-order valence-corrected chi connectivity index (χ1v) is 2.47. The van der Waals surface area contributed by atoms with Gasteiger partial charge in [-0.25, -0.2) is 0 Å². The molecule has 0 aliphatic heterocycles. The second-order valence-corrected chi connectivity index (χ2v) is 1.65. The second kappa shape index (κ2) is 2.35. The fourth-order valence-electron chi connectivity index (χ4n) is 0.519. The maximum absolute atomic E-state index is 11.3. The smallest absolute Gasteiger partial charge is 0.172 e. The molecule has 0 heterocycles. The van der Waals surface area contributed by atoms with Gasteiger partial charge in [-0.2, -0.15) is 0 Å². The standard InChI is InChI=1S/C6H6FNO/c7-9-6-3-1-5(8)2-4-6/h1-4H,8H2. The summed E-state index contributed by atoms with van der Waals surface area (Å²) < 4.78 is 11.3. The highest BCUT2D eigenvalue weighted by Gasteiger charge is 1.89. The zero-order chi connectivity index (χ0) is 6.69. The summed E-state index contributed by atoms with van der Waals surface area (Å²) in [5, 5.41) is 0. The van der Waals surface area contributed by atoms with Crippen LogP contribution in [0.3, 0.4) is 0 Å². The Kier molecular flexibility index (Phi) is 1.53. The van der Waals surface area contributed by atoms with Crippen LogP contribution in [-0.4, -0.2) is 0 Å². The number of rotatable bonds is 1. The summed E-state index contributed by atoms with van der Waals surface area (Å²) >= 11 is 0. The fourth-order valence-corrected chi connectivity index (χ4v) is 0.519. The summed E-state index contributed by atoms with van der Waals surface area (Å²) in [5.74, 6) is 0.171. The van der Waals surface area contributed by atoms with E-state index in [1.54, 1.807) is 12.1 Å². The van der Waals surface area contributed by atoms with Crippen molar-refractivity contribution in [1.82, 2.24) is 0 Å². The van der Waals surface area contributed by atoms with Crippen LogP contribution in [0.5, 0.6) is 5.75 Å². The minimum absolute atomic E-state index is 0.171. The van der Waals surface area contributed by atoms with Crippen LogP contribution >= 0.6 is 0 Å². The molecule has 0 saturated heterocycles. The third-order valence-corrected chi connectivity index (χ3v) is 0.969. The summed E-state index contributed by atoms with van der Waals surface area (Å²) in [6.45, 7) is 0. The lowest BCUT2D eigenvalue weighted by molar-refractivity contribution is -0.00618. The van der Waals surface area contributed by atoms with Crippen molar-refractivity contribution >= 4 is 5.69 Å². The molecule has 0 radical (unpaired) electrons. The molecule has 1 aromatic rings. The Morgan fingerprint density at radius 2 is 1.78 bits per heavy atom. The van der Waals surface area contributed by atoms with Crippen LogP contribution in [0.25, 0.3) is 0 Å². The molecule has 0 spiro atoms. The molecule has 0 unspecified atom stereocenters. The minimum Gasteiger partial charge on any atom is -0.399 e. The number of anilines is 1. The van der Waals surface area contributed by atoms with Gasteiger partial charge in [0.2, 0.25) is 0 Å². The quantitative estimate of drug-likeness (QED) is 0.580. The van der Waals surface area contributed by atoms with Gasteiger partial charge >= 0.3 is 0 Å². The number of nitrogens with two attached hydrogens (primary N) is 1. The third-order valence-electron chi connectivity index (χ3n) is 0.969. The van der Waals surface area contributed by atoms with Crippen LogP contribution < -0.4 is 10.7 Å². The van der Waals surface area contributed by atoms with E-state index >= 15 is 0 Å². The highest BCUT2D eigenvalue weighted by atomic mass is 19.3. The number of nitrogen functional groups attached to an aromatic ring is 1. The van der Waals surface area contributed by atoms with E-state index in [4.69, 9.17) is 5.73 Å². The molecule has 0 aliphatic rings. The highest BCUT2D eigenvalue weighted by Crippen LogP contribution is 2.12. The van der Waals surface area contributed by atoms with E-state index in [-0.39, 0.29) is 5.75 Å². The lowest BCUT2D eigenvalue weighted by atomic mass is 10.3. The average molecular weight is 127 g/mol. The second-order valence-electron chi connectivity index (χ2n) is 1.65. The lowest BCUT2D eigenvalue weighted by Gasteiger charge is -1.92. The Bertz CT molecular complexity index is 185. The van der Waals surface area contributed by atoms with Gasteiger partial charge in [0.05, 0.1) is 0 Å². The Morgan fingerprint density at radius 1 is 1.22 bits per heavy atom. The van der Waals surface area contributed by atoms with Crippen molar-refractivity contribution in [2.75, 3.05) is 5.73 Å². The van der Waals surface area contributed by atoms with Gasteiger partial charge in [-0.15, -0.1) is 0 Å². The van der Waals surface area contributed by atoms with Crippen molar-refractivity contribution in [3.8, 4) is 5.75 Å². The van der Waals surface area contributed by atoms with E-state index in [9.17, 15) is 4.53 Å². The van der Waals surface area contributed by atoms with E-state index in [0.717, 1.165) is 0 Å². The molecule has 1 rings (SSSR count). The first-order valence-electron chi connectivity index (χ1n) is 2.47. The van der Waals surface area contributed by atoms with Crippen LogP contribution in [0.2, 0.25) is 0 Å². The zero-order valence-corrected chi connectivity index (χ0v) is 4.67. The summed E-state index contributed by atoms with van der Waals surface area (Å²) in [7, 11) is 0. The number of hydrogen-bond donors (Lipinski definition) is 1. The van der Waals surface area contributed by atoms with Gasteiger partial charge in [-0.3, -0.25) is 4.94 Å². The van der Waals surface area contributed by atoms with Crippen molar-refractivity contribution in [3.63, 3.8) is 0 Å². The molecule has 2 N–H and O–H groups in total. The molecule has 2 nitrogen and oxygen atoms in total. The average Bonchev–Trinajstić information content (AvgIpc) is 1.90. The molecule has 0 atom stereocenters. The third kappa shape index (κ3) is 1.32. The molecule has 1 aromatic carbocycles. The maximum Gasteiger partial charge on any atom is 0.172 e. The summed E-state index contributed by atoms with van der Waals surface area (Å²) in [4.78, 5) is 3.41. The first kappa shape index (κ1) is 5.88. The van der Waals surface area contributed by atoms with Crippen molar-refractivity contribution in [2.24, 2.45) is 0 Å². The van der Waals surface area contributed by atoms with Crippen LogP contribution in [-0.2, 0) is 0 Å². The van der Waals surface area contributed by atoms with Crippen molar-refractivity contribution in [1.29, 1.82) is 0 Å². The molecule has 9 heavy (non-hydrogen) atoms. The monoisotopic (exact) mass is 127 g/mol. The highest BCUT2D eigenvalue weighted by molar-refractivity contribution is 5.41. The topological polar surface area (TPSA) is 35.2 Å². The SMILES string of the molecule is Nc1ccc(OF)cc1. The number of hydrogen-bond acceptors (Lipinski definition) is 2. The van der Waals surface area contributed by atoms with Crippen LogP contribution in [0, 0.1) is 0 Å². The van der Waals surface area contributed by atoms with Crippen LogP contribution in [0.1, 0.15) is 0 Å². The predicted octanol–water partition coefficient (Wildman–Crippen LogP) is 1.53. The van der Waals surface area contributed by atoms with Crippen LogP contribution in [0.4, 0.5) is 10.2 Å². The lowest BCUT2D eigenvalue weighted by Crippen LogP contribution is -1.82. The van der Waals surface area contributed by atoms with Crippen molar-refractivity contribution in [3.05, 3.63) is 24.3 Å². The largest absolute Gasteiger partial charge is 0.399 e. The predicted molar refractivity (Wildman–Crippen MR) is 32.6 cm³/mol. The fraction of sp³-hybridized carbons (Fsp3) is 0. The summed E-state index contributed by atoms with van der Waals surface area (Å²) in [5.41, 5.74) is 5.90. The molecule has 0 fully saturated rings. The van der Waals surface area contributed by atoms with Gasteiger partial charge in [-0.1, -0.05) is 0 Å². The molecule has 3 heteroatoms. The van der Waals surface area contributed by atoms with Gasteiger partial charge in [0.15, 0.2) is 5.75 Å². The molecule has 0 aromatic heterocycles. The van der Waals surface area contributed by atoms with Gasteiger partial charge in [0, 0.05) is 10.2 Å². The van der Waals surface area contributed by atoms with Gasteiger partial charge in [0.25, 0.3) is 0 Å². The molecular formula is C6H6FNO.